The Morgan fingerprint density at radius 3 is 2.80 bits per heavy atom. The van der Waals surface area contributed by atoms with Crippen molar-refractivity contribution in [1.82, 2.24) is 4.57 Å². The van der Waals surface area contributed by atoms with Gasteiger partial charge < -0.3 is 9.30 Å². The molecule has 2 nitrogen and oxygen atoms in total. The quantitative estimate of drug-likeness (QED) is 0.606. The molecule has 0 radical (unpaired) electrons. The molecule has 1 aliphatic heterocycles. The Morgan fingerprint density at radius 2 is 2.40 bits per heavy atom. The standard InChI is InChI=1S/C7H8ClNO/c8-6-1-2-9(3-6)7-4-10-5-7/h1-3,7H,4-5H2. The van der Waals surface area contributed by atoms with E-state index in [1.165, 1.54) is 0 Å². The minimum atomic E-state index is 0.521. The van der Waals surface area contributed by atoms with Gasteiger partial charge in [0.2, 0.25) is 0 Å². The summed E-state index contributed by atoms with van der Waals surface area (Å²) in [7, 11) is 0. The maximum absolute atomic E-state index is 5.72. The molecule has 1 aromatic heterocycles. The molecule has 54 valence electrons. The third kappa shape index (κ3) is 0.935. The molecule has 0 amide bonds. The smallest absolute Gasteiger partial charge is 0.0798 e. The van der Waals surface area contributed by atoms with Crippen LogP contribution in [0.5, 0.6) is 0 Å². The Balaban J connectivity index is 2.17. The van der Waals surface area contributed by atoms with Crippen LogP contribution in [-0.4, -0.2) is 17.8 Å². The predicted molar refractivity (Wildman–Crippen MR) is 39.3 cm³/mol. The van der Waals surface area contributed by atoms with Crippen molar-refractivity contribution in [1.29, 1.82) is 0 Å². The van der Waals surface area contributed by atoms with Gasteiger partial charge in [0.15, 0.2) is 0 Å². The highest BCUT2D eigenvalue weighted by atomic mass is 35.5. The second kappa shape index (κ2) is 2.29. The van der Waals surface area contributed by atoms with E-state index in [1.807, 2.05) is 18.5 Å². The summed E-state index contributed by atoms with van der Waals surface area (Å²) in [5.74, 6) is 0. The minimum Gasteiger partial charge on any atom is -0.377 e. The lowest BCUT2D eigenvalue weighted by Gasteiger charge is -2.27. The second-order valence-electron chi connectivity index (χ2n) is 2.47. The van der Waals surface area contributed by atoms with Gasteiger partial charge in [0.05, 0.1) is 24.3 Å². The second-order valence-corrected chi connectivity index (χ2v) is 2.90. The van der Waals surface area contributed by atoms with Crippen LogP contribution in [0.1, 0.15) is 6.04 Å². The zero-order valence-electron chi connectivity index (χ0n) is 5.46. The monoisotopic (exact) mass is 157 g/mol. The Morgan fingerprint density at radius 1 is 1.60 bits per heavy atom. The Labute approximate surface area is 64.4 Å². The lowest BCUT2D eigenvalue weighted by molar-refractivity contribution is -0.0231. The van der Waals surface area contributed by atoms with E-state index in [0.717, 1.165) is 18.2 Å². The zero-order valence-corrected chi connectivity index (χ0v) is 6.21. The average molecular weight is 158 g/mol. The highest BCUT2D eigenvalue weighted by molar-refractivity contribution is 6.30. The molecule has 2 rings (SSSR count). The van der Waals surface area contributed by atoms with Gasteiger partial charge in [-0.2, -0.15) is 0 Å². The molecular weight excluding hydrogens is 150 g/mol. The molecule has 0 aliphatic carbocycles. The van der Waals surface area contributed by atoms with Crippen LogP contribution in [0, 0.1) is 0 Å². The van der Waals surface area contributed by atoms with E-state index in [2.05, 4.69) is 4.57 Å². The van der Waals surface area contributed by atoms with Gasteiger partial charge in [-0.1, -0.05) is 11.6 Å². The van der Waals surface area contributed by atoms with Crippen LogP contribution in [-0.2, 0) is 4.74 Å². The van der Waals surface area contributed by atoms with Gasteiger partial charge in [0.1, 0.15) is 0 Å². The SMILES string of the molecule is Clc1ccn(C2COC2)c1. The van der Waals surface area contributed by atoms with Gasteiger partial charge in [-0.15, -0.1) is 0 Å². The number of hydrogen-bond donors (Lipinski definition) is 0. The van der Waals surface area contributed by atoms with Crippen molar-refractivity contribution < 1.29 is 4.74 Å². The highest BCUT2D eigenvalue weighted by Gasteiger charge is 2.19. The molecule has 10 heavy (non-hydrogen) atoms. The van der Waals surface area contributed by atoms with Crippen LogP contribution in [0.4, 0.5) is 0 Å². The van der Waals surface area contributed by atoms with Crippen molar-refractivity contribution in [2.75, 3.05) is 13.2 Å². The van der Waals surface area contributed by atoms with E-state index in [1.54, 1.807) is 0 Å². The maximum Gasteiger partial charge on any atom is 0.0798 e. The summed E-state index contributed by atoms with van der Waals surface area (Å²) < 4.78 is 7.12. The summed E-state index contributed by atoms with van der Waals surface area (Å²) in [4.78, 5) is 0. The molecule has 0 atom stereocenters. The van der Waals surface area contributed by atoms with E-state index >= 15 is 0 Å². The summed E-state index contributed by atoms with van der Waals surface area (Å²) >= 11 is 5.72. The van der Waals surface area contributed by atoms with E-state index < -0.39 is 0 Å². The van der Waals surface area contributed by atoms with Crippen LogP contribution >= 0.6 is 11.6 Å². The zero-order chi connectivity index (χ0) is 6.97. The Kier molecular flexibility index (Phi) is 1.43. The first-order valence-electron chi connectivity index (χ1n) is 3.27. The van der Waals surface area contributed by atoms with Crippen molar-refractivity contribution in [2.45, 2.75) is 6.04 Å². The van der Waals surface area contributed by atoms with Crippen molar-refractivity contribution in [3.05, 3.63) is 23.5 Å². The van der Waals surface area contributed by atoms with Gasteiger partial charge in [-0.05, 0) is 6.07 Å². The van der Waals surface area contributed by atoms with Crippen molar-refractivity contribution in [3.8, 4) is 0 Å². The highest BCUT2D eigenvalue weighted by Crippen LogP contribution is 2.19. The molecule has 0 aromatic carbocycles. The molecule has 0 unspecified atom stereocenters. The largest absolute Gasteiger partial charge is 0.377 e. The topological polar surface area (TPSA) is 14.2 Å². The number of rotatable bonds is 1. The van der Waals surface area contributed by atoms with Gasteiger partial charge in [-0.3, -0.25) is 0 Å². The van der Waals surface area contributed by atoms with Crippen molar-refractivity contribution in [3.63, 3.8) is 0 Å². The summed E-state index contributed by atoms with van der Waals surface area (Å²) in [5, 5.41) is 0.798. The first-order chi connectivity index (χ1) is 4.86. The summed E-state index contributed by atoms with van der Waals surface area (Å²) in [6, 6.07) is 2.41. The van der Waals surface area contributed by atoms with E-state index in [-0.39, 0.29) is 0 Å². The van der Waals surface area contributed by atoms with Gasteiger partial charge in [-0.25, -0.2) is 0 Å². The van der Waals surface area contributed by atoms with Crippen LogP contribution in [0.25, 0.3) is 0 Å². The molecule has 1 aromatic rings. The van der Waals surface area contributed by atoms with E-state index in [4.69, 9.17) is 16.3 Å². The van der Waals surface area contributed by atoms with Gasteiger partial charge in [0, 0.05) is 12.4 Å². The first-order valence-corrected chi connectivity index (χ1v) is 3.65. The van der Waals surface area contributed by atoms with E-state index in [9.17, 15) is 0 Å². The van der Waals surface area contributed by atoms with Crippen LogP contribution in [0.3, 0.4) is 0 Å². The third-order valence-corrected chi connectivity index (χ3v) is 1.94. The molecule has 2 heterocycles. The fraction of sp³-hybridized carbons (Fsp3) is 0.429. The number of halogens is 1. The van der Waals surface area contributed by atoms with Gasteiger partial charge in [0.25, 0.3) is 0 Å². The molecule has 1 fully saturated rings. The van der Waals surface area contributed by atoms with Gasteiger partial charge >= 0.3 is 0 Å². The average Bonchev–Trinajstić information content (AvgIpc) is 2.10. The summed E-state index contributed by atoms with van der Waals surface area (Å²) in [5.41, 5.74) is 0. The van der Waals surface area contributed by atoms with Crippen LogP contribution in [0.15, 0.2) is 18.5 Å². The number of hydrogen-bond acceptors (Lipinski definition) is 1. The first kappa shape index (κ1) is 6.25. The number of nitrogens with zero attached hydrogens (tertiary/aromatic N) is 1. The minimum absolute atomic E-state index is 0.521. The molecular formula is C7H8ClNO. The van der Waals surface area contributed by atoms with E-state index in [0.29, 0.717) is 6.04 Å². The molecule has 0 N–H and O–H groups in total. The number of ether oxygens (including phenoxy) is 1. The number of aromatic nitrogens is 1. The fourth-order valence-electron chi connectivity index (χ4n) is 1.01. The Hall–Kier alpha value is -0.470. The lowest BCUT2D eigenvalue weighted by Crippen LogP contribution is -2.29. The lowest BCUT2D eigenvalue weighted by atomic mass is 10.2. The Bertz CT molecular complexity index is 229. The molecule has 1 saturated heterocycles. The molecule has 3 heteroatoms. The third-order valence-electron chi connectivity index (χ3n) is 1.72. The molecule has 0 bridgehead atoms. The molecule has 0 spiro atoms. The van der Waals surface area contributed by atoms with Crippen LogP contribution in [0.2, 0.25) is 5.02 Å². The van der Waals surface area contributed by atoms with Crippen LogP contribution < -0.4 is 0 Å². The normalized spacial score (nSPS) is 18.9. The summed E-state index contributed by atoms with van der Waals surface area (Å²) in [6.07, 6.45) is 3.91. The van der Waals surface area contributed by atoms with Crippen molar-refractivity contribution >= 4 is 11.6 Å². The summed E-state index contributed by atoms with van der Waals surface area (Å²) in [6.45, 7) is 1.65. The molecule has 0 saturated carbocycles. The van der Waals surface area contributed by atoms with Crippen molar-refractivity contribution in [2.24, 2.45) is 0 Å². The maximum atomic E-state index is 5.72. The predicted octanol–water partition coefficient (Wildman–Crippen LogP) is 1.71. The fourth-order valence-corrected chi connectivity index (χ4v) is 1.18. The molecule has 1 aliphatic rings.